The Labute approximate surface area is 153 Å². The highest BCUT2D eigenvalue weighted by Crippen LogP contribution is 2.52. The average molecular weight is 350 g/mol. The van der Waals surface area contributed by atoms with Crippen LogP contribution in [0.25, 0.3) is 0 Å². The van der Waals surface area contributed by atoms with E-state index in [0.717, 1.165) is 18.4 Å². The van der Waals surface area contributed by atoms with Gasteiger partial charge in [0.15, 0.2) is 5.72 Å². The van der Waals surface area contributed by atoms with Crippen molar-refractivity contribution in [2.45, 2.75) is 50.7 Å². The molecule has 26 heavy (non-hydrogen) atoms. The zero-order chi connectivity index (χ0) is 18.6. The molecule has 1 amide bonds. The predicted octanol–water partition coefficient (Wildman–Crippen LogP) is 2.74. The first kappa shape index (κ1) is 18.1. The van der Waals surface area contributed by atoms with Gasteiger partial charge in [0.05, 0.1) is 24.0 Å². The largest absolute Gasteiger partial charge is 0.368 e. The molecule has 0 saturated heterocycles. The molecule has 1 N–H and O–H groups in total. The van der Waals surface area contributed by atoms with E-state index in [2.05, 4.69) is 17.1 Å². The lowest BCUT2D eigenvalue weighted by Gasteiger charge is -2.52. The first-order valence-corrected chi connectivity index (χ1v) is 9.01. The molecule has 2 atom stereocenters. The van der Waals surface area contributed by atoms with Crippen LogP contribution in [0.15, 0.2) is 35.3 Å². The van der Waals surface area contributed by atoms with Crippen molar-refractivity contribution in [1.29, 1.82) is 10.5 Å². The van der Waals surface area contributed by atoms with Crippen molar-refractivity contribution in [2.24, 2.45) is 10.4 Å². The molecule has 0 radical (unpaired) electrons. The van der Waals surface area contributed by atoms with Crippen molar-refractivity contribution in [2.75, 3.05) is 6.54 Å². The van der Waals surface area contributed by atoms with E-state index in [4.69, 9.17) is 10.5 Å². The van der Waals surface area contributed by atoms with Crippen LogP contribution in [0.2, 0.25) is 0 Å². The van der Waals surface area contributed by atoms with Crippen molar-refractivity contribution < 1.29 is 9.90 Å². The molecule has 0 bridgehead atoms. The quantitative estimate of drug-likeness (QED) is 0.882. The lowest BCUT2D eigenvalue weighted by molar-refractivity contribution is -0.171. The van der Waals surface area contributed by atoms with Gasteiger partial charge in [-0.15, -0.1) is 0 Å². The Hall–Kier alpha value is -2.70. The molecule has 6 nitrogen and oxygen atoms in total. The highest BCUT2D eigenvalue weighted by molar-refractivity contribution is 6.11. The molecule has 2 unspecified atom stereocenters. The van der Waals surface area contributed by atoms with E-state index < -0.39 is 11.1 Å². The van der Waals surface area contributed by atoms with Crippen LogP contribution < -0.4 is 0 Å². The molecule has 0 spiro atoms. The lowest BCUT2D eigenvalue weighted by Crippen LogP contribution is -2.64. The third-order valence-electron chi connectivity index (χ3n) is 5.49. The van der Waals surface area contributed by atoms with Crippen molar-refractivity contribution in [3.8, 4) is 12.1 Å². The summed E-state index contributed by atoms with van der Waals surface area (Å²) >= 11 is 0. The predicted molar refractivity (Wildman–Crippen MR) is 95.6 cm³/mol. The highest BCUT2D eigenvalue weighted by Gasteiger charge is 2.61. The summed E-state index contributed by atoms with van der Waals surface area (Å²) in [5.74, 6) is 0.210. The van der Waals surface area contributed by atoms with Gasteiger partial charge in [-0.1, -0.05) is 36.8 Å². The molecule has 1 fully saturated rings. The fourth-order valence-electron chi connectivity index (χ4n) is 4.15. The van der Waals surface area contributed by atoms with E-state index in [-0.39, 0.29) is 31.7 Å². The Morgan fingerprint density at radius 2 is 1.81 bits per heavy atom. The van der Waals surface area contributed by atoms with Gasteiger partial charge in [-0.2, -0.15) is 10.5 Å². The normalized spacial score (nSPS) is 27.9. The number of benzene rings is 1. The minimum absolute atomic E-state index is 0.185. The number of carbonyl (C=O) groups excluding carboxylic acids is 1. The molecule has 134 valence electrons. The molecule has 1 saturated carbocycles. The number of carbonyl (C=O) groups is 1. The molecule has 3 rings (SSSR count). The third kappa shape index (κ3) is 2.87. The van der Waals surface area contributed by atoms with Gasteiger partial charge in [0.25, 0.3) is 0 Å². The van der Waals surface area contributed by atoms with Crippen LogP contribution in [0.5, 0.6) is 0 Å². The first-order chi connectivity index (χ1) is 12.6. The SMILES string of the molecule is N#CCCN1C(=O)C2(CCC#N)CCCCC2(O)N=C1c1ccccc1. The van der Waals surface area contributed by atoms with Gasteiger partial charge in [0.1, 0.15) is 5.84 Å². The van der Waals surface area contributed by atoms with Gasteiger partial charge in [-0.05, 0) is 25.7 Å². The summed E-state index contributed by atoms with van der Waals surface area (Å²) in [6, 6.07) is 13.5. The van der Waals surface area contributed by atoms with Gasteiger partial charge in [-0.3, -0.25) is 9.69 Å². The number of rotatable bonds is 5. The van der Waals surface area contributed by atoms with Gasteiger partial charge in [0.2, 0.25) is 5.91 Å². The number of aliphatic hydroxyl groups is 1. The summed E-state index contributed by atoms with van der Waals surface area (Å²) in [4.78, 5) is 19.8. The van der Waals surface area contributed by atoms with Gasteiger partial charge < -0.3 is 5.11 Å². The van der Waals surface area contributed by atoms with Crippen LogP contribution in [0.4, 0.5) is 0 Å². The van der Waals surface area contributed by atoms with Gasteiger partial charge >= 0.3 is 0 Å². The molecular weight excluding hydrogens is 328 g/mol. The van der Waals surface area contributed by atoms with Crippen molar-refractivity contribution in [3.05, 3.63) is 35.9 Å². The van der Waals surface area contributed by atoms with Gasteiger partial charge in [-0.25, -0.2) is 4.99 Å². The lowest BCUT2D eigenvalue weighted by atomic mass is 9.63. The maximum absolute atomic E-state index is 13.5. The second kappa shape index (κ2) is 7.27. The Kier molecular flexibility index (Phi) is 5.06. The van der Waals surface area contributed by atoms with Crippen LogP contribution in [-0.2, 0) is 4.79 Å². The number of fused-ring (bicyclic) bond motifs is 1. The zero-order valence-electron chi connectivity index (χ0n) is 14.7. The number of amides is 1. The van der Waals surface area contributed by atoms with E-state index in [9.17, 15) is 9.90 Å². The van der Waals surface area contributed by atoms with E-state index in [1.807, 2.05) is 30.3 Å². The number of amidine groups is 1. The van der Waals surface area contributed by atoms with Crippen molar-refractivity contribution in [1.82, 2.24) is 4.90 Å². The molecule has 6 heteroatoms. The maximum atomic E-state index is 13.5. The zero-order valence-corrected chi connectivity index (χ0v) is 14.7. The smallest absolute Gasteiger partial charge is 0.239 e. The number of hydrogen-bond donors (Lipinski definition) is 1. The minimum Gasteiger partial charge on any atom is -0.368 e. The highest BCUT2D eigenvalue weighted by atomic mass is 16.3. The van der Waals surface area contributed by atoms with E-state index >= 15 is 0 Å². The Balaban J connectivity index is 2.14. The summed E-state index contributed by atoms with van der Waals surface area (Å²) in [6.07, 6.45) is 3.20. The van der Waals surface area contributed by atoms with Crippen LogP contribution in [0, 0.1) is 28.1 Å². The molecule has 2 aliphatic rings. The van der Waals surface area contributed by atoms with E-state index in [1.165, 1.54) is 4.90 Å². The third-order valence-corrected chi connectivity index (χ3v) is 5.49. The molecule has 1 aliphatic heterocycles. The summed E-state index contributed by atoms with van der Waals surface area (Å²) in [7, 11) is 0. The standard InChI is InChI=1S/C20H22N4O2/c21-13-6-11-19-10-4-5-12-20(19,26)23-17(16-8-2-1-3-9-16)24(18(19)25)15-7-14-22/h1-3,8-9,26H,4-7,10-12,15H2. The van der Waals surface area contributed by atoms with Crippen molar-refractivity contribution in [3.63, 3.8) is 0 Å². The van der Waals surface area contributed by atoms with Crippen LogP contribution in [0.3, 0.4) is 0 Å². The summed E-state index contributed by atoms with van der Waals surface area (Å²) in [6.45, 7) is 0.230. The van der Waals surface area contributed by atoms with E-state index in [1.54, 1.807) is 0 Å². The molecule has 1 aromatic rings. The molecular formula is C20H22N4O2. The molecule has 0 aromatic heterocycles. The van der Waals surface area contributed by atoms with Crippen LogP contribution in [0.1, 0.15) is 50.5 Å². The number of aliphatic imine (C=N–C) groups is 1. The van der Waals surface area contributed by atoms with Gasteiger partial charge in [0, 0.05) is 18.5 Å². The first-order valence-electron chi connectivity index (χ1n) is 9.01. The summed E-state index contributed by atoms with van der Waals surface area (Å²) < 4.78 is 0. The topological polar surface area (TPSA) is 100 Å². The Bertz CT molecular complexity index is 792. The average Bonchev–Trinajstić information content (AvgIpc) is 2.67. The number of nitriles is 2. The maximum Gasteiger partial charge on any atom is 0.239 e. The fourth-order valence-corrected chi connectivity index (χ4v) is 4.15. The van der Waals surface area contributed by atoms with E-state index in [0.29, 0.717) is 18.7 Å². The molecule has 1 aliphatic carbocycles. The number of hydrogen-bond acceptors (Lipinski definition) is 5. The van der Waals surface area contributed by atoms with Crippen molar-refractivity contribution >= 4 is 11.7 Å². The Morgan fingerprint density at radius 3 is 2.50 bits per heavy atom. The molecule has 1 heterocycles. The fraction of sp³-hybridized carbons (Fsp3) is 0.500. The Morgan fingerprint density at radius 1 is 1.12 bits per heavy atom. The summed E-state index contributed by atoms with van der Waals surface area (Å²) in [5.41, 5.74) is -1.82. The summed E-state index contributed by atoms with van der Waals surface area (Å²) in [5, 5.41) is 29.5. The molecule has 1 aromatic carbocycles. The van der Waals surface area contributed by atoms with Crippen LogP contribution >= 0.6 is 0 Å². The second-order valence-corrected chi connectivity index (χ2v) is 6.93. The second-order valence-electron chi connectivity index (χ2n) is 6.93. The monoisotopic (exact) mass is 350 g/mol. The number of nitrogens with zero attached hydrogens (tertiary/aromatic N) is 4. The van der Waals surface area contributed by atoms with Crippen LogP contribution in [-0.4, -0.2) is 34.0 Å². The minimum atomic E-state index is -1.49.